The lowest BCUT2D eigenvalue weighted by molar-refractivity contribution is 0.995. The summed E-state index contributed by atoms with van der Waals surface area (Å²) >= 11 is 5.93. The Hall–Kier alpha value is -1.51. The summed E-state index contributed by atoms with van der Waals surface area (Å²) in [4.78, 5) is 6.66. The molecule has 0 amide bonds. The van der Waals surface area contributed by atoms with Crippen molar-refractivity contribution in [2.24, 2.45) is 5.11 Å². The Morgan fingerprint density at radius 1 is 1.67 bits per heavy atom. The number of nitrogens with zero attached hydrogens (tertiary/aromatic N) is 4. The zero-order valence-electron chi connectivity index (χ0n) is 8.39. The van der Waals surface area contributed by atoms with Crippen molar-refractivity contribution in [3.63, 3.8) is 0 Å². The molecule has 0 aliphatic carbocycles. The lowest BCUT2D eigenvalue weighted by Gasteiger charge is -2.00. The maximum absolute atomic E-state index is 8.07. The van der Waals surface area contributed by atoms with Crippen LogP contribution in [0, 0.1) is 6.92 Å². The van der Waals surface area contributed by atoms with Crippen molar-refractivity contribution in [2.45, 2.75) is 13.3 Å². The molecule has 4 nitrogen and oxygen atoms in total. The largest absolute Gasteiger partial charge is 0.244 e. The summed E-state index contributed by atoms with van der Waals surface area (Å²) in [6.45, 7) is 2.44. The lowest BCUT2D eigenvalue weighted by atomic mass is 10.1. The smallest absolute Gasteiger partial charge is 0.136 e. The first kappa shape index (κ1) is 11.6. The van der Waals surface area contributed by atoms with Gasteiger partial charge in [-0.15, -0.1) is 0 Å². The zero-order valence-corrected chi connectivity index (χ0v) is 9.15. The second-order valence-corrected chi connectivity index (χ2v) is 3.34. The van der Waals surface area contributed by atoms with Crippen LogP contribution in [0.15, 0.2) is 23.5 Å². The quantitative estimate of drug-likeness (QED) is 0.252. The van der Waals surface area contributed by atoms with E-state index in [0.29, 0.717) is 18.1 Å². The average Bonchev–Trinajstić information content (AvgIpc) is 2.21. The number of pyridine rings is 1. The molecule has 0 fully saturated rings. The Bertz CT molecular complexity index is 388. The molecule has 0 aromatic carbocycles. The van der Waals surface area contributed by atoms with Crippen molar-refractivity contribution in [3.05, 3.63) is 45.1 Å². The summed E-state index contributed by atoms with van der Waals surface area (Å²) in [7, 11) is 0. The van der Waals surface area contributed by atoms with Gasteiger partial charge in [0.15, 0.2) is 0 Å². The van der Waals surface area contributed by atoms with Gasteiger partial charge in [-0.05, 0) is 30.5 Å². The van der Waals surface area contributed by atoms with Gasteiger partial charge in [-0.2, -0.15) is 0 Å². The van der Waals surface area contributed by atoms with E-state index in [1.165, 1.54) is 0 Å². The third-order valence-electron chi connectivity index (χ3n) is 1.90. The molecule has 0 aliphatic rings. The van der Waals surface area contributed by atoms with Crippen molar-refractivity contribution in [3.8, 4) is 0 Å². The molecule has 0 saturated heterocycles. The highest BCUT2D eigenvalue weighted by Gasteiger charge is 1.99. The van der Waals surface area contributed by atoms with E-state index in [-0.39, 0.29) is 0 Å². The first-order valence-electron chi connectivity index (χ1n) is 4.54. The molecule has 0 aliphatic heterocycles. The van der Waals surface area contributed by atoms with Crippen LogP contribution in [-0.2, 0) is 0 Å². The minimum atomic E-state index is 0.462. The first-order chi connectivity index (χ1) is 7.25. The Kier molecular flexibility index (Phi) is 4.68. The van der Waals surface area contributed by atoms with E-state index in [0.717, 1.165) is 11.1 Å². The van der Waals surface area contributed by atoms with Gasteiger partial charge in [0.05, 0.1) is 0 Å². The maximum atomic E-state index is 8.07. The molecule has 1 heterocycles. The Morgan fingerprint density at radius 3 is 3.13 bits per heavy atom. The van der Waals surface area contributed by atoms with Gasteiger partial charge in [0.25, 0.3) is 0 Å². The van der Waals surface area contributed by atoms with E-state index in [2.05, 4.69) is 15.0 Å². The van der Waals surface area contributed by atoms with Crippen LogP contribution in [0.4, 0.5) is 0 Å². The minimum Gasteiger partial charge on any atom is -0.244 e. The van der Waals surface area contributed by atoms with E-state index in [1.54, 1.807) is 6.20 Å². The number of halogens is 1. The van der Waals surface area contributed by atoms with E-state index >= 15 is 0 Å². The SMILES string of the molecule is Cc1ccnc(Cl)c1C=CCCN=[N+]=[N-]. The number of hydrogen-bond acceptors (Lipinski definition) is 2. The molecule has 0 unspecified atom stereocenters. The second-order valence-electron chi connectivity index (χ2n) is 2.98. The molecule has 1 aromatic rings. The Balaban J connectivity index is 2.67. The molecule has 5 heteroatoms. The van der Waals surface area contributed by atoms with Gasteiger partial charge in [-0.3, -0.25) is 0 Å². The predicted molar refractivity (Wildman–Crippen MR) is 61.6 cm³/mol. The maximum Gasteiger partial charge on any atom is 0.136 e. The van der Waals surface area contributed by atoms with Crippen LogP contribution in [0.5, 0.6) is 0 Å². The molecule has 15 heavy (non-hydrogen) atoms. The highest BCUT2D eigenvalue weighted by atomic mass is 35.5. The van der Waals surface area contributed by atoms with E-state index in [9.17, 15) is 0 Å². The fraction of sp³-hybridized carbons (Fsp3) is 0.300. The van der Waals surface area contributed by atoms with Crippen LogP contribution in [0.2, 0.25) is 5.15 Å². The summed E-state index contributed by atoms with van der Waals surface area (Å²) in [5.41, 5.74) is 10.1. The van der Waals surface area contributed by atoms with E-state index in [1.807, 2.05) is 25.1 Å². The van der Waals surface area contributed by atoms with Gasteiger partial charge in [0.2, 0.25) is 0 Å². The highest BCUT2D eigenvalue weighted by Crippen LogP contribution is 2.18. The van der Waals surface area contributed by atoms with Crippen LogP contribution < -0.4 is 0 Å². The van der Waals surface area contributed by atoms with Crippen LogP contribution in [-0.4, -0.2) is 11.5 Å². The molecule has 0 saturated carbocycles. The fourth-order valence-corrected chi connectivity index (χ4v) is 1.38. The van der Waals surface area contributed by atoms with Gasteiger partial charge in [0, 0.05) is 23.2 Å². The monoisotopic (exact) mass is 222 g/mol. The molecule has 1 aromatic heterocycles. The normalized spacial score (nSPS) is 10.3. The number of aromatic nitrogens is 1. The van der Waals surface area contributed by atoms with E-state index < -0.39 is 0 Å². The molecule has 0 N–H and O–H groups in total. The second kappa shape index (κ2) is 6.06. The highest BCUT2D eigenvalue weighted by molar-refractivity contribution is 6.30. The van der Waals surface area contributed by atoms with Crippen LogP contribution in [0.1, 0.15) is 17.5 Å². The van der Waals surface area contributed by atoms with Crippen molar-refractivity contribution >= 4 is 17.7 Å². The number of hydrogen-bond donors (Lipinski definition) is 0. The van der Waals surface area contributed by atoms with Crippen molar-refractivity contribution in [2.75, 3.05) is 6.54 Å². The Morgan fingerprint density at radius 2 is 2.47 bits per heavy atom. The minimum absolute atomic E-state index is 0.462. The van der Waals surface area contributed by atoms with Crippen molar-refractivity contribution < 1.29 is 0 Å². The number of azide groups is 1. The van der Waals surface area contributed by atoms with Crippen molar-refractivity contribution in [1.82, 2.24) is 4.98 Å². The van der Waals surface area contributed by atoms with Crippen LogP contribution in [0.3, 0.4) is 0 Å². The summed E-state index contributed by atoms with van der Waals surface area (Å²) in [5.74, 6) is 0. The van der Waals surface area contributed by atoms with Gasteiger partial charge in [-0.1, -0.05) is 28.9 Å². The standard InChI is InChI=1S/C10H11ClN4/c1-8-5-7-13-10(11)9(8)4-2-3-6-14-15-12/h2,4-5,7H,3,6H2,1H3. The summed E-state index contributed by atoms with van der Waals surface area (Å²) in [6, 6.07) is 1.90. The molecule has 1 rings (SSSR count). The summed E-state index contributed by atoms with van der Waals surface area (Å²) in [5, 5.41) is 3.92. The predicted octanol–water partition coefficient (Wildman–Crippen LogP) is 3.76. The Labute approximate surface area is 93.2 Å². The first-order valence-corrected chi connectivity index (χ1v) is 4.92. The fourth-order valence-electron chi connectivity index (χ4n) is 1.11. The third-order valence-corrected chi connectivity index (χ3v) is 2.20. The van der Waals surface area contributed by atoms with Crippen molar-refractivity contribution in [1.29, 1.82) is 0 Å². The lowest BCUT2D eigenvalue weighted by Crippen LogP contribution is -1.85. The summed E-state index contributed by atoms with van der Waals surface area (Å²) < 4.78 is 0. The zero-order chi connectivity index (χ0) is 11.1. The molecule has 78 valence electrons. The van der Waals surface area contributed by atoms with Crippen LogP contribution in [0.25, 0.3) is 16.5 Å². The molecule has 0 radical (unpaired) electrons. The van der Waals surface area contributed by atoms with Gasteiger partial charge in [0.1, 0.15) is 5.15 Å². The number of rotatable bonds is 4. The molecular formula is C10H11ClN4. The molecular weight excluding hydrogens is 212 g/mol. The molecule has 0 spiro atoms. The van der Waals surface area contributed by atoms with Gasteiger partial charge < -0.3 is 0 Å². The average molecular weight is 223 g/mol. The van der Waals surface area contributed by atoms with Gasteiger partial charge >= 0.3 is 0 Å². The molecule has 0 atom stereocenters. The van der Waals surface area contributed by atoms with E-state index in [4.69, 9.17) is 17.1 Å². The van der Waals surface area contributed by atoms with Crippen LogP contribution >= 0.6 is 11.6 Å². The molecule has 0 bridgehead atoms. The summed E-state index contributed by atoms with van der Waals surface area (Å²) in [6.07, 6.45) is 6.20. The van der Waals surface area contributed by atoms with Gasteiger partial charge in [-0.25, -0.2) is 4.98 Å². The number of aryl methyl sites for hydroxylation is 1. The topological polar surface area (TPSA) is 61.7 Å². The third kappa shape index (κ3) is 3.62.